The van der Waals surface area contributed by atoms with Crippen LogP contribution in [0.1, 0.15) is 46.2 Å². The lowest BCUT2D eigenvalue weighted by Gasteiger charge is -2.14. The minimum Gasteiger partial charge on any atom is -0.312 e. The molecule has 106 valence electrons. The predicted molar refractivity (Wildman–Crippen MR) is 87.5 cm³/mol. The molecule has 1 N–H and O–H groups in total. The van der Waals surface area contributed by atoms with E-state index in [0.717, 1.165) is 0 Å². The number of hydrogen-bond donors (Lipinski definition) is 1. The first kappa shape index (κ1) is 13.8. The molecule has 1 aromatic heterocycles. The number of thiophene rings is 1. The highest BCUT2D eigenvalue weighted by Gasteiger charge is 2.18. The first-order valence-corrected chi connectivity index (χ1v) is 8.51. The Labute approximate surface area is 126 Å². The van der Waals surface area contributed by atoms with Gasteiger partial charge >= 0.3 is 0 Å². The Bertz CT molecular complexity index is 522. The Hall–Kier alpha value is -1.12. The summed E-state index contributed by atoms with van der Waals surface area (Å²) in [5, 5.41) is 3.50. The quantitative estimate of drug-likeness (QED) is 0.823. The van der Waals surface area contributed by atoms with Crippen LogP contribution < -0.4 is 5.32 Å². The number of nitrogens with one attached hydrogen (secondary N) is 1. The number of rotatable bonds is 6. The van der Waals surface area contributed by atoms with Gasteiger partial charge in [0.2, 0.25) is 0 Å². The molecule has 1 unspecified atom stereocenters. The third kappa shape index (κ3) is 3.13. The van der Waals surface area contributed by atoms with Crippen LogP contribution in [0.5, 0.6) is 0 Å². The second-order valence-corrected chi connectivity index (χ2v) is 6.84. The van der Waals surface area contributed by atoms with Crippen molar-refractivity contribution in [2.45, 2.75) is 44.6 Å². The van der Waals surface area contributed by atoms with Crippen LogP contribution in [0.25, 0.3) is 0 Å². The molecule has 20 heavy (non-hydrogen) atoms. The smallest absolute Gasteiger partial charge is 0.0412 e. The van der Waals surface area contributed by atoms with Crippen molar-refractivity contribution in [2.75, 3.05) is 7.05 Å². The van der Waals surface area contributed by atoms with E-state index in [4.69, 9.17) is 0 Å². The lowest BCUT2D eigenvalue weighted by atomic mass is 10.0. The van der Waals surface area contributed by atoms with Crippen LogP contribution in [0, 0.1) is 0 Å². The lowest BCUT2D eigenvalue weighted by Crippen LogP contribution is -2.15. The fraction of sp³-hybridized carbons (Fsp3) is 0.444. The van der Waals surface area contributed by atoms with E-state index in [0.29, 0.717) is 6.04 Å². The van der Waals surface area contributed by atoms with E-state index in [1.165, 1.54) is 44.1 Å². The highest BCUT2D eigenvalue weighted by molar-refractivity contribution is 7.12. The first-order chi connectivity index (χ1) is 9.86. The summed E-state index contributed by atoms with van der Waals surface area (Å²) in [5.41, 5.74) is 3.07. The predicted octanol–water partition coefficient (Wildman–Crippen LogP) is 4.52. The minimum atomic E-state index is 0.536. The average molecular weight is 285 g/mol. The van der Waals surface area contributed by atoms with Crippen molar-refractivity contribution in [3.8, 4) is 0 Å². The summed E-state index contributed by atoms with van der Waals surface area (Å²) < 4.78 is 0. The molecule has 1 aliphatic rings. The molecule has 2 heteroatoms. The van der Waals surface area contributed by atoms with Crippen molar-refractivity contribution in [1.82, 2.24) is 5.32 Å². The van der Waals surface area contributed by atoms with E-state index in [2.05, 4.69) is 48.8 Å². The molecule has 0 fully saturated rings. The van der Waals surface area contributed by atoms with Gasteiger partial charge in [0.25, 0.3) is 0 Å². The summed E-state index contributed by atoms with van der Waals surface area (Å²) in [6.07, 6.45) is 7.62. The normalized spacial score (nSPS) is 15.2. The number of benzene rings is 1. The van der Waals surface area contributed by atoms with Gasteiger partial charge in [0.05, 0.1) is 0 Å². The Balaban J connectivity index is 1.56. The van der Waals surface area contributed by atoms with Crippen LogP contribution in [0.2, 0.25) is 0 Å². The Kier molecular flexibility index (Phi) is 4.54. The molecule has 0 amide bonds. The molecule has 0 saturated heterocycles. The van der Waals surface area contributed by atoms with Crippen LogP contribution in [0.15, 0.2) is 36.4 Å². The summed E-state index contributed by atoms with van der Waals surface area (Å²) in [7, 11) is 2.10. The largest absolute Gasteiger partial charge is 0.312 e. The summed E-state index contributed by atoms with van der Waals surface area (Å²) in [6, 6.07) is 13.8. The van der Waals surface area contributed by atoms with Crippen molar-refractivity contribution >= 4 is 11.3 Å². The van der Waals surface area contributed by atoms with Crippen molar-refractivity contribution in [3.05, 3.63) is 57.3 Å². The molecule has 1 heterocycles. The first-order valence-electron chi connectivity index (χ1n) is 7.69. The van der Waals surface area contributed by atoms with Gasteiger partial charge < -0.3 is 5.32 Å². The van der Waals surface area contributed by atoms with Gasteiger partial charge in [-0.05, 0) is 62.8 Å². The van der Waals surface area contributed by atoms with E-state index in [1.54, 1.807) is 15.3 Å². The summed E-state index contributed by atoms with van der Waals surface area (Å²) in [5.74, 6) is 0. The van der Waals surface area contributed by atoms with Crippen LogP contribution >= 0.6 is 11.3 Å². The van der Waals surface area contributed by atoms with Gasteiger partial charge in [-0.2, -0.15) is 0 Å². The molecular formula is C18H23NS. The number of hydrogen-bond acceptors (Lipinski definition) is 2. The molecular weight excluding hydrogens is 262 g/mol. The van der Waals surface area contributed by atoms with E-state index < -0.39 is 0 Å². The van der Waals surface area contributed by atoms with Gasteiger partial charge in [-0.15, -0.1) is 11.3 Å². The van der Waals surface area contributed by atoms with Crippen molar-refractivity contribution in [2.24, 2.45) is 0 Å². The Morgan fingerprint density at radius 2 is 2.05 bits per heavy atom. The van der Waals surface area contributed by atoms with Crippen LogP contribution in [0.4, 0.5) is 0 Å². The molecule has 1 aliphatic carbocycles. The standard InChI is InChI=1S/C18H23NS/c1-19-16(11-5-9-14-7-3-2-4-8-14)18-13-15-10-6-12-17(15)20-18/h2-4,7-8,13,16,19H,5-6,9-12H2,1H3. The maximum Gasteiger partial charge on any atom is 0.0412 e. The maximum atomic E-state index is 3.50. The minimum absolute atomic E-state index is 0.536. The number of aryl methyl sites for hydroxylation is 3. The summed E-state index contributed by atoms with van der Waals surface area (Å²) in [4.78, 5) is 3.19. The third-order valence-corrected chi connectivity index (χ3v) is 5.61. The van der Waals surface area contributed by atoms with E-state index in [1.807, 2.05) is 11.3 Å². The zero-order chi connectivity index (χ0) is 13.8. The summed E-state index contributed by atoms with van der Waals surface area (Å²) >= 11 is 2.04. The fourth-order valence-electron chi connectivity index (χ4n) is 3.11. The highest BCUT2D eigenvalue weighted by atomic mass is 32.1. The molecule has 1 atom stereocenters. The van der Waals surface area contributed by atoms with Gasteiger partial charge in [0.1, 0.15) is 0 Å². The Morgan fingerprint density at radius 1 is 1.20 bits per heavy atom. The second-order valence-electron chi connectivity index (χ2n) is 5.67. The Morgan fingerprint density at radius 3 is 2.80 bits per heavy atom. The zero-order valence-electron chi connectivity index (χ0n) is 12.2. The van der Waals surface area contributed by atoms with Gasteiger partial charge in [-0.1, -0.05) is 30.3 Å². The molecule has 0 radical (unpaired) electrons. The van der Waals surface area contributed by atoms with Crippen LogP contribution in [-0.2, 0) is 19.3 Å². The molecule has 1 nitrogen and oxygen atoms in total. The molecule has 0 bridgehead atoms. The van der Waals surface area contributed by atoms with E-state index in [-0.39, 0.29) is 0 Å². The summed E-state index contributed by atoms with van der Waals surface area (Å²) in [6.45, 7) is 0. The topological polar surface area (TPSA) is 12.0 Å². The molecule has 3 rings (SSSR count). The fourth-order valence-corrected chi connectivity index (χ4v) is 4.51. The third-order valence-electron chi connectivity index (χ3n) is 4.26. The van der Waals surface area contributed by atoms with Gasteiger partial charge in [-0.25, -0.2) is 0 Å². The van der Waals surface area contributed by atoms with Gasteiger partial charge in [-0.3, -0.25) is 0 Å². The monoisotopic (exact) mass is 285 g/mol. The molecule has 1 aromatic carbocycles. The highest BCUT2D eigenvalue weighted by Crippen LogP contribution is 2.35. The molecule has 2 aromatic rings. The van der Waals surface area contributed by atoms with Crippen molar-refractivity contribution in [3.63, 3.8) is 0 Å². The van der Waals surface area contributed by atoms with E-state index in [9.17, 15) is 0 Å². The molecule has 0 aliphatic heterocycles. The molecule has 0 saturated carbocycles. The van der Waals surface area contributed by atoms with E-state index >= 15 is 0 Å². The van der Waals surface area contributed by atoms with Gasteiger partial charge in [0, 0.05) is 15.8 Å². The number of fused-ring (bicyclic) bond motifs is 1. The molecule has 0 spiro atoms. The van der Waals surface area contributed by atoms with Crippen molar-refractivity contribution < 1.29 is 0 Å². The SMILES string of the molecule is CNC(CCCc1ccccc1)c1cc2c(s1)CCC2. The second kappa shape index (κ2) is 6.55. The van der Waals surface area contributed by atoms with Crippen LogP contribution in [-0.4, -0.2) is 7.05 Å². The maximum absolute atomic E-state index is 3.50. The van der Waals surface area contributed by atoms with Gasteiger partial charge in [0.15, 0.2) is 0 Å². The average Bonchev–Trinajstić information content (AvgIpc) is 3.06. The lowest BCUT2D eigenvalue weighted by molar-refractivity contribution is 0.534. The van der Waals surface area contributed by atoms with Crippen molar-refractivity contribution in [1.29, 1.82) is 0 Å². The van der Waals surface area contributed by atoms with Crippen LogP contribution in [0.3, 0.4) is 0 Å². The zero-order valence-corrected chi connectivity index (χ0v) is 13.0.